The maximum atomic E-state index is 13.2. The zero-order chi connectivity index (χ0) is 29.1. The zero-order valence-corrected chi connectivity index (χ0v) is 20.8. The molecule has 0 aliphatic carbocycles. The highest BCUT2D eigenvalue weighted by Gasteiger charge is 2.52. The van der Waals surface area contributed by atoms with Gasteiger partial charge in [0.25, 0.3) is 0 Å². The number of hydrogen-bond donors (Lipinski definition) is 2. The predicted octanol–water partition coefficient (Wildman–Crippen LogP) is 5.04. The molecule has 0 amide bonds. The fraction of sp³-hybridized carbons (Fsp3) is 0.0909. The van der Waals surface area contributed by atoms with Crippen molar-refractivity contribution in [2.24, 2.45) is 0 Å². The molecule has 0 saturated carbocycles. The van der Waals surface area contributed by atoms with E-state index in [4.69, 9.17) is 0 Å². The highest BCUT2D eigenvalue weighted by molar-refractivity contribution is 7.88. The summed E-state index contributed by atoms with van der Waals surface area (Å²) in [5.41, 5.74) is -11.6. The predicted molar refractivity (Wildman–Crippen MR) is 129 cm³/mol. The van der Waals surface area contributed by atoms with Gasteiger partial charge < -0.3 is 18.3 Å². The summed E-state index contributed by atoms with van der Waals surface area (Å²) in [7, 11) is -13.1. The molecule has 3 aromatic heterocycles. The lowest BCUT2D eigenvalue weighted by Gasteiger charge is -2.13. The number of nitrogens with zero attached hydrogens (tertiary/aromatic N) is 2. The van der Waals surface area contributed by atoms with Gasteiger partial charge in [0.05, 0.1) is 11.4 Å². The maximum absolute atomic E-state index is 13.2. The Kier molecular flexibility index (Phi) is 6.21. The van der Waals surface area contributed by atoms with Crippen LogP contribution in [0.15, 0.2) is 48.5 Å². The van der Waals surface area contributed by atoms with Crippen molar-refractivity contribution < 1.29 is 51.5 Å². The highest BCUT2D eigenvalue weighted by Crippen LogP contribution is 2.40. The van der Waals surface area contributed by atoms with Crippen LogP contribution in [-0.4, -0.2) is 47.8 Å². The van der Waals surface area contributed by atoms with Crippen LogP contribution in [0.1, 0.15) is 22.8 Å². The van der Waals surface area contributed by atoms with Crippen LogP contribution in [0.2, 0.25) is 0 Å². The van der Waals surface area contributed by atoms with Gasteiger partial charge in [0, 0.05) is 22.1 Å². The molecule has 2 aliphatic heterocycles. The molecule has 0 aromatic carbocycles. The minimum atomic E-state index is -6.53. The van der Waals surface area contributed by atoms with Gasteiger partial charge in [0.15, 0.2) is 0 Å². The molecule has 10 nitrogen and oxygen atoms in total. The second-order valence-electron chi connectivity index (χ2n) is 8.12. The number of nitrogens with one attached hydrogen (secondary N) is 2. The van der Waals surface area contributed by atoms with Gasteiger partial charge in [-0.25, -0.2) is 9.97 Å². The second-order valence-corrected chi connectivity index (χ2v) is 11.2. The summed E-state index contributed by atoms with van der Waals surface area (Å²) in [4.78, 5) is 14.0. The maximum Gasteiger partial charge on any atom is 0.534 e. The minimum absolute atomic E-state index is 0.0395. The molecule has 210 valence electrons. The molecule has 0 radical (unpaired) electrons. The quantitative estimate of drug-likeness (QED) is 0.187. The Balaban J connectivity index is 1.85. The Labute approximate surface area is 219 Å². The summed E-state index contributed by atoms with van der Waals surface area (Å²) in [6, 6.07) is 11.4. The molecular formula is C22H12F6N4O6S2. The molecular weight excluding hydrogens is 594 g/mol. The first kappa shape index (κ1) is 27.3. The van der Waals surface area contributed by atoms with Gasteiger partial charge in [0.2, 0.25) is 11.5 Å². The van der Waals surface area contributed by atoms with Crippen LogP contribution in [0, 0.1) is 0 Å². The molecule has 3 aromatic rings. The van der Waals surface area contributed by atoms with E-state index in [-0.39, 0.29) is 11.2 Å². The van der Waals surface area contributed by atoms with Gasteiger partial charge in [0.1, 0.15) is 11.4 Å². The third-order valence-electron chi connectivity index (χ3n) is 5.20. The minimum Gasteiger partial charge on any atom is -0.370 e. The summed E-state index contributed by atoms with van der Waals surface area (Å²) in [6.45, 7) is 0. The Hall–Kier alpha value is -4.32. The molecule has 5 heterocycles. The van der Waals surface area contributed by atoms with Crippen molar-refractivity contribution in [1.82, 2.24) is 19.9 Å². The largest absolute Gasteiger partial charge is 0.534 e. The van der Waals surface area contributed by atoms with Gasteiger partial charge in [-0.2, -0.15) is 43.2 Å². The first-order chi connectivity index (χ1) is 18.5. The molecule has 5 rings (SSSR count). The van der Waals surface area contributed by atoms with Gasteiger partial charge in [-0.15, -0.1) is 0 Å². The number of aromatic nitrogens is 4. The standard InChI is InChI=1S/C22H12F6N4O6S2/c23-21(24,25)39(33,34)37-19-17-9-15-5-3-13(30-15)7-11-1-2-12(29-11)8-14-4-6-16(31-14)10-18(32-17)20(19)38-40(35,36)22(26,27)28/h1-10,29-30H. The summed E-state index contributed by atoms with van der Waals surface area (Å²) in [5, 5.41) is 0. The van der Waals surface area contributed by atoms with Crippen molar-refractivity contribution in [3.63, 3.8) is 0 Å². The van der Waals surface area contributed by atoms with Crippen molar-refractivity contribution in [1.29, 1.82) is 0 Å². The van der Waals surface area contributed by atoms with Crippen molar-refractivity contribution in [2.45, 2.75) is 11.0 Å². The molecule has 0 saturated heterocycles. The van der Waals surface area contributed by atoms with Crippen molar-refractivity contribution in [2.75, 3.05) is 0 Å². The fourth-order valence-corrected chi connectivity index (χ4v) is 4.45. The lowest BCUT2D eigenvalue weighted by Crippen LogP contribution is -2.27. The van der Waals surface area contributed by atoms with E-state index in [1.165, 1.54) is 24.3 Å². The van der Waals surface area contributed by atoms with Crippen LogP contribution in [0.5, 0.6) is 0 Å². The number of alkyl halides is 6. The zero-order valence-electron chi connectivity index (χ0n) is 19.2. The van der Waals surface area contributed by atoms with E-state index in [1.807, 2.05) is 0 Å². The van der Waals surface area contributed by atoms with E-state index in [9.17, 15) is 43.2 Å². The van der Waals surface area contributed by atoms with E-state index in [0.717, 1.165) is 12.1 Å². The van der Waals surface area contributed by atoms with Crippen LogP contribution in [-0.2, 0) is 28.6 Å². The highest BCUT2D eigenvalue weighted by atomic mass is 32.2. The number of halogens is 6. The summed E-state index contributed by atoms with van der Waals surface area (Å²) < 4.78 is 135. The van der Waals surface area contributed by atoms with Crippen LogP contribution < -0.4 is 0 Å². The van der Waals surface area contributed by atoms with Gasteiger partial charge in [-0.05, 0) is 60.7 Å². The van der Waals surface area contributed by atoms with Crippen molar-refractivity contribution in [3.05, 3.63) is 71.3 Å². The molecule has 2 N–H and O–H groups in total. The first-order valence-corrected chi connectivity index (χ1v) is 13.5. The lowest BCUT2D eigenvalue weighted by atomic mass is 10.2. The van der Waals surface area contributed by atoms with Crippen molar-refractivity contribution in [3.8, 4) is 0 Å². The van der Waals surface area contributed by atoms with E-state index < -0.39 is 54.2 Å². The molecule has 0 spiro atoms. The summed E-state index contributed by atoms with van der Waals surface area (Å²) in [6.07, 6.45) is 2.81. The van der Waals surface area contributed by atoms with E-state index in [0.29, 0.717) is 22.2 Å². The second kappa shape index (κ2) is 9.12. The third kappa shape index (κ3) is 5.26. The van der Waals surface area contributed by atoms with Crippen molar-refractivity contribution >= 4 is 66.0 Å². The average molecular weight is 606 g/mol. The Morgan fingerprint density at radius 2 is 0.975 bits per heavy atom. The smallest absolute Gasteiger partial charge is 0.370 e. The number of hydrogen-bond acceptors (Lipinski definition) is 8. The normalized spacial score (nSPS) is 14.4. The molecule has 0 unspecified atom stereocenters. The van der Waals surface area contributed by atoms with Crippen LogP contribution in [0.4, 0.5) is 26.3 Å². The molecule has 8 bridgehead atoms. The number of rotatable bonds is 4. The summed E-state index contributed by atoms with van der Waals surface area (Å²) >= 11 is 0. The van der Waals surface area contributed by atoms with Crippen LogP contribution in [0.3, 0.4) is 0 Å². The summed E-state index contributed by atoms with van der Waals surface area (Å²) in [5.74, 6) is -3.10. The Morgan fingerprint density at radius 3 is 1.45 bits per heavy atom. The molecule has 2 aliphatic rings. The van der Waals surface area contributed by atoms with Gasteiger partial charge >= 0.3 is 31.3 Å². The molecule has 40 heavy (non-hydrogen) atoms. The Morgan fingerprint density at radius 1 is 0.575 bits per heavy atom. The topological polar surface area (TPSA) is 144 Å². The third-order valence-corrected chi connectivity index (χ3v) is 7.11. The van der Waals surface area contributed by atoms with Crippen LogP contribution in [0.25, 0.3) is 45.7 Å². The van der Waals surface area contributed by atoms with E-state index >= 15 is 0 Å². The first-order valence-electron chi connectivity index (χ1n) is 10.6. The van der Waals surface area contributed by atoms with E-state index in [2.05, 4.69) is 28.3 Å². The molecule has 0 fully saturated rings. The van der Waals surface area contributed by atoms with Crippen LogP contribution >= 0.6 is 0 Å². The lowest BCUT2D eigenvalue weighted by molar-refractivity contribution is -0.0520. The average Bonchev–Trinajstić information content (AvgIpc) is 3.60. The van der Waals surface area contributed by atoms with Gasteiger partial charge in [-0.3, -0.25) is 0 Å². The number of aromatic amines is 2. The Bertz CT molecular complexity index is 1970. The van der Waals surface area contributed by atoms with Gasteiger partial charge in [-0.1, -0.05) is 0 Å². The number of H-pyrrole nitrogens is 2. The number of fused-ring (bicyclic) bond motifs is 8. The molecule has 18 heteroatoms. The van der Waals surface area contributed by atoms with E-state index in [1.54, 1.807) is 24.3 Å². The fourth-order valence-electron chi connectivity index (χ4n) is 3.50. The monoisotopic (exact) mass is 606 g/mol. The SMILES string of the molecule is O=S(=O)(OC1=C(OS(=O)(=O)C(F)(F)F)c2cc3ccc(cc4ccc(cc5nc(cc1n2)C=C5)[nH]4)[nH]3)C(F)(F)F. The molecule has 0 atom stereocenters.